The molecule has 9 aliphatic heterocycles. The van der Waals surface area contributed by atoms with Crippen molar-refractivity contribution in [2.45, 2.75) is 83.3 Å². The van der Waals surface area contributed by atoms with E-state index in [4.69, 9.17) is 72.2 Å². The van der Waals surface area contributed by atoms with E-state index in [1.807, 2.05) is 40.7 Å². The molecule has 1 saturated heterocycles. The van der Waals surface area contributed by atoms with Gasteiger partial charge in [-0.3, -0.25) is 71.7 Å². The van der Waals surface area contributed by atoms with Gasteiger partial charge in [0.1, 0.15) is 24.2 Å². The Morgan fingerprint density at radius 3 is 1.27 bits per heavy atom. The first kappa shape index (κ1) is 118. The van der Waals surface area contributed by atoms with E-state index >= 15 is 0 Å². The number of methoxy groups -OCH3 is 1. The normalized spacial score (nSPS) is 18.4. The van der Waals surface area contributed by atoms with E-state index in [0.29, 0.717) is 106 Å². The Hall–Kier alpha value is -12.2. The fourth-order valence-corrected chi connectivity index (χ4v) is 16.8. The van der Waals surface area contributed by atoms with Crippen molar-refractivity contribution in [3.63, 3.8) is 0 Å². The van der Waals surface area contributed by atoms with Gasteiger partial charge in [-0.25, -0.2) is 15.0 Å². The van der Waals surface area contributed by atoms with Gasteiger partial charge >= 0.3 is 0 Å². The van der Waals surface area contributed by atoms with Crippen LogP contribution in [0.3, 0.4) is 0 Å². The van der Waals surface area contributed by atoms with Gasteiger partial charge in [0.05, 0.1) is 123 Å². The summed E-state index contributed by atoms with van der Waals surface area (Å²) in [4.78, 5) is 154. The number of amides is 8. The number of nitrogens with zero attached hydrogens (tertiary/aromatic N) is 8. The van der Waals surface area contributed by atoms with Gasteiger partial charge in [0.2, 0.25) is 0 Å². The fraction of sp³-hybridized carbons (Fsp3) is 0.511. The van der Waals surface area contributed by atoms with Crippen LogP contribution in [0.25, 0.3) is 11.2 Å². The lowest BCUT2D eigenvalue weighted by Crippen LogP contribution is -2.49. The van der Waals surface area contributed by atoms with Gasteiger partial charge in [0.15, 0.2) is 67.7 Å². The van der Waals surface area contributed by atoms with Crippen LogP contribution in [-0.2, 0) is 55.6 Å². The van der Waals surface area contributed by atoms with Gasteiger partial charge < -0.3 is 167 Å². The molecule has 11 heterocycles. The number of imidazole rings is 1. The van der Waals surface area contributed by atoms with E-state index < -0.39 is 151 Å². The summed E-state index contributed by atoms with van der Waals surface area (Å²) < 4.78 is 77.6. The minimum Gasteiger partial charge on any atom is -0.756 e. The van der Waals surface area contributed by atoms with E-state index in [1.165, 1.54) is 65.8 Å². The van der Waals surface area contributed by atoms with Crippen LogP contribution in [0.5, 0.6) is 46.0 Å². The summed E-state index contributed by atoms with van der Waals surface area (Å²) in [7, 11) is -5.05. The van der Waals surface area contributed by atoms with Crippen molar-refractivity contribution in [1.82, 2.24) is 92.3 Å². The number of thiocarbonyl (C=S) groups is 2. The molecule has 16 rings (SSSR count). The second-order valence-electron chi connectivity index (χ2n) is 33.5. The zero-order valence-electron chi connectivity index (χ0n) is 82.2. The number of nitrogens with two attached hydrogens (primary N) is 1. The quantitative estimate of drug-likeness (QED) is 0.0113. The molecule has 0 saturated carbocycles. The highest BCUT2D eigenvalue weighted by molar-refractivity contribution is 7.80. The summed E-state index contributed by atoms with van der Waals surface area (Å²) in [5.41, 5.74) is 4.96. The number of phenolic OH excluding ortho intramolecular Hbond substituents is 8. The van der Waals surface area contributed by atoms with Crippen LogP contribution >= 0.6 is 40.1 Å². The molecule has 6 atom stereocenters. The Morgan fingerprint density at radius 2 is 0.857 bits per heavy atom. The highest BCUT2D eigenvalue weighted by atomic mass is 32.1. The third-order valence-corrected chi connectivity index (χ3v) is 25.6. The number of phosphoric ester groups is 2. The first-order valence-electron chi connectivity index (χ1n) is 47.6. The smallest absolute Gasteiger partial charge is 0.267 e. The number of nitrogens with one attached hydrogen (secondary N) is 12. The zero-order chi connectivity index (χ0) is 107. The number of unbranched alkanes of at least 4 members (excludes halogenated alkanes) is 2. The van der Waals surface area contributed by atoms with Gasteiger partial charge in [0.25, 0.3) is 62.9 Å². The highest BCUT2D eigenvalue weighted by Crippen LogP contribution is 2.47. The van der Waals surface area contributed by atoms with Gasteiger partial charge in [-0.1, -0.05) is 20.3 Å². The predicted octanol–water partition coefficient (Wildman–Crippen LogP) is 1.57. The lowest BCUT2D eigenvalue weighted by Gasteiger charge is -2.31. The number of carbonyl (C=O) groups excluding carboxylic acids is 8. The fourth-order valence-electron chi connectivity index (χ4n) is 15.1. The SMILES string of the molecule is CCCCOP(=O)([O-])OC[C@H]1O[C@@H](n2cnc3c(N)ncnc32)CC1OP(=O)([O-])OC.CCCOCCOCCN1CCNC(=O)c2ccc(c(O)c2O)C(=O)NCCN(CCN2CCNC(=O)c3ccc(c(O)c3O)C(=O)NCCN(CCOCCOCCOC)CCNC(=O)c3ccc(c(O)c3O)C(=O)NC(CCCCNC(=S)Nc3ccc(NC(=S)NC)cc3)C2)CCNC(=O)c2ccc(c(O)c2O)C(=O)NCC1. The molecular weight excluding hydrogens is 2010 g/mol. The van der Waals surface area contributed by atoms with E-state index in [2.05, 4.69) is 83.3 Å². The number of aromatic hydroxyl groups is 8. The molecule has 0 aliphatic carbocycles. The van der Waals surface area contributed by atoms with Crippen molar-refractivity contribution < 1.29 is 145 Å². The van der Waals surface area contributed by atoms with E-state index in [0.717, 1.165) is 25.6 Å². The maximum Gasteiger partial charge on any atom is 0.267 e. The molecule has 8 amide bonds. The summed E-state index contributed by atoms with van der Waals surface area (Å²) in [5, 5.41) is 125. The summed E-state index contributed by atoms with van der Waals surface area (Å²) in [6, 6.07) is 15.8. The third kappa shape index (κ3) is 37.6. The molecule has 9 aliphatic rings. The van der Waals surface area contributed by atoms with Crippen molar-refractivity contribution >= 4 is 126 Å². The number of phenols is 8. The monoisotopic (exact) mass is 2140 g/mol. The maximum atomic E-state index is 14.6. The molecule has 4 unspecified atom stereocenters. The number of nitrogen functional groups attached to an aromatic ring is 1. The van der Waals surface area contributed by atoms with Gasteiger partial charge in [0, 0.05) is 183 Å². The molecule has 1 fully saturated rings. The molecule has 147 heavy (non-hydrogen) atoms. The summed E-state index contributed by atoms with van der Waals surface area (Å²) in [6.45, 7) is 7.73. The molecule has 22 N–H and O–H groups in total. The van der Waals surface area contributed by atoms with Crippen molar-refractivity contribution in [3.8, 4) is 46.0 Å². The third-order valence-electron chi connectivity index (χ3n) is 23.1. The average Bonchev–Trinajstić information content (AvgIpc) is 1.32. The number of benzene rings is 5. The van der Waals surface area contributed by atoms with Crippen molar-refractivity contribution in [2.24, 2.45) is 0 Å². The van der Waals surface area contributed by atoms with Gasteiger partial charge in [-0.15, -0.1) is 0 Å². The number of anilines is 3. The standard InChI is InChI=1S/C77H108N16O21S2.C15H25N5O9P2/c1-4-39-111-44-45-112-40-37-91-30-23-81-70(104)54-14-12-52(60(94)62(54)96)68(102)79-21-28-90(29-22-80-69(103)53-13-15-55(63(97)61(53)95)71(105)82-24-31-91)35-36-93-34-27-85-74(108)57-17-16-56(64(98)65(57)99)72(106)83-25-32-92(38-41-113-46-47-114-43-42-110-3)33-26-84-73(107)58-18-19-59(67(101)66(58)100)75(109)87-51(48-93)7-5-6-20-86-77(116)89-50-10-8-49(9-11-50)88-76(115)78-2;1-3-4-5-26-31(23,24)27-7-11-10(29-30(21,22)25-2)6-12(28-11)20-9-19-13-14(16)17-8-18-15(13)20/h8-19,51,94-101H,4-7,20-48H2,1-3H3,(H,79,102)(H,80,103)(H,81,104)(H,82,105)(H,83,106)(H,84,107)(H,85,108)(H,87,109)(H2,78,88,115)(H2,86,89,116);8-12H,3-7H2,1-2H3,(H,21,22)(H,23,24)(H2,16,17,18)/p-2/t;10?,11-,12-/m.1/s1. The van der Waals surface area contributed by atoms with Crippen molar-refractivity contribution in [1.29, 1.82) is 0 Å². The number of rotatable bonds is 38. The first-order chi connectivity index (χ1) is 70.6. The Labute approximate surface area is 858 Å². The first-order valence-corrected chi connectivity index (χ1v) is 51.4. The zero-order valence-corrected chi connectivity index (χ0v) is 85.6. The van der Waals surface area contributed by atoms with Crippen LogP contribution in [0.4, 0.5) is 17.2 Å². The molecule has 808 valence electrons. The van der Waals surface area contributed by atoms with Crippen molar-refractivity contribution in [2.75, 3.05) is 241 Å². The highest BCUT2D eigenvalue weighted by Gasteiger charge is 2.41. The Bertz CT molecular complexity index is 5560. The topological polar surface area (TPSA) is 698 Å². The van der Waals surface area contributed by atoms with Gasteiger partial charge in [-0.05, 0) is 129 Å². The number of aromatic nitrogens is 4. The molecule has 2 aromatic heterocycles. The van der Waals surface area contributed by atoms with Crippen LogP contribution < -0.4 is 79.3 Å². The predicted molar refractivity (Wildman–Crippen MR) is 540 cm³/mol. The van der Waals surface area contributed by atoms with Crippen LogP contribution in [-0.4, -0.2) is 381 Å². The summed E-state index contributed by atoms with van der Waals surface area (Å²) >= 11 is 10.8. The van der Waals surface area contributed by atoms with Crippen LogP contribution in [0.15, 0.2) is 85.5 Å². The minimum absolute atomic E-state index is 0.00196. The number of hydrogen-bond acceptors (Lipinski definition) is 40. The van der Waals surface area contributed by atoms with E-state index in [1.54, 1.807) is 31.2 Å². The lowest BCUT2D eigenvalue weighted by atomic mass is 10.0. The molecule has 7 aromatic rings. The Morgan fingerprint density at radius 1 is 0.469 bits per heavy atom. The molecule has 8 bridgehead atoms. The van der Waals surface area contributed by atoms with Crippen LogP contribution in [0, 0.1) is 0 Å². The van der Waals surface area contributed by atoms with Crippen LogP contribution in [0.1, 0.15) is 148 Å². The maximum absolute atomic E-state index is 14.6. The molecule has 0 spiro atoms. The van der Waals surface area contributed by atoms with Gasteiger partial charge in [-0.2, -0.15) is 0 Å². The average molecular weight is 2140 g/mol. The largest absolute Gasteiger partial charge is 0.756 e. The summed E-state index contributed by atoms with van der Waals surface area (Å²) in [5.74, 6) is -13.5. The number of ether oxygens (including phenoxy) is 6. The minimum atomic E-state index is -4.64. The lowest BCUT2D eigenvalue weighted by molar-refractivity contribution is -0.232. The van der Waals surface area contributed by atoms with Crippen molar-refractivity contribution in [3.05, 3.63) is 130 Å². The summed E-state index contributed by atoms with van der Waals surface area (Å²) in [6.07, 6.45) is 2.96. The van der Waals surface area contributed by atoms with E-state index in [9.17, 15) is 98.1 Å². The second kappa shape index (κ2) is 60.9. The second-order valence-corrected chi connectivity index (χ2v) is 37.2. The van der Waals surface area contributed by atoms with Crippen LogP contribution in [0.2, 0.25) is 0 Å². The molecule has 0 radical (unpaired) electrons. The molecule has 5 aromatic carbocycles. The number of fused-ring (bicyclic) bond motifs is 1. The van der Waals surface area contributed by atoms with E-state index in [-0.39, 0.29) is 190 Å². The molecule has 51 nitrogen and oxygen atoms in total. The number of carbonyl (C=O) groups is 8. The molecule has 55 heteroatoms. The Balaban J connectivity index is 0.000000654. The number of hydrogen-bond donors (Lipinski definition) is 21. The number of phosphoric acid groups is 2. The Kier molecular flexibility index (Phi) is 49.1. The molecular formula is C92H131N21O30P2S2-2.